The molecule has 2 aromatic heterocycles. The lowest BCUT2D eigenvalue weighted by molar-refractivity contribution is 0.102. The normalized spacial score (nSPS) is 10.6. The lowest BCUT2D eigenvalue weighted by Crippen LogP contribution is -2.16. The Bertz CT molecular complexity index is 1160. The van der Waals surface area contributed by atoms with Gasteiger partial charge in [-0.25, -0.2) is 0 Å². The summed E-state index contributed by atoms with van der Waals surface area (Å²) in [4.78, 5) is 28.7. The zero-order chi connectivity index (χ0) is 19.5. The van der Waals surface area contributed by atoms with Gasteiger partial charge >= 0.3 is 0 Å². The van der Waals surface area contributed by atoms with Crippen molar-refractivity contribution >= 4 is 28.6 Å². The molecule has 0 radical (unpaired) electrons. The van der Waals surface area contributed by atoms with E-state index in [9.17, 15) is 4.79 Å². The van der Waals surface area contributed by atoms with Crippen LogP contribution in [0.15, 0.2) is 60.9 Å². The molecule has 3 N–H and O–H groups in total. The number of nitrogens with zero attached hydrogens (tertiary/aromatic N) is 4. The van der Waals surface area contributed by atoms with Gasteiger partial charge in [0.2, 0.25) is 11.9 Å². The second-order valence-corrected chi connectivity index (χ2v) is 5.96. The first-order chi connectivity index (χ1) is 13.6. The van der Waals surface area contributed by atoms with Gasteiger partial charge in [0, 0.05) is 18.0 Å². The molecule has 4 aromatic rings. The summed E-state index contributed by atoms with van der Waals surface area (Å²) in [6, 6.07) is 14.9. The van der Waals surface area contributed by atoms with Gasteiger partial charge in [-0.05, 0) is 41.1 Å². The van der Waals surface area contributed by atoms with E-state index in [0.717, 1.165) is 22.1 Å². The van der Waals surface area contributed by atoms with Crippen molar-refractivity contribution in [2.24, 2.45) is 0 Å². The third-order valence-corrected chi connectivity index (χ3v) is 4.11. The Kier molecular flexibility index (Phi) is 4.51. The summed E-state index contributed by atoms with van der Waals surface area (Å²) in [6.45, 7) is 0. The third-order valence-electron chi connectivity index (χ3n) is 4.11. The molecule has 0 aliphatic carbocycles. The number of carbonyl (C=O) groups is 1. The van der Waals surface area contributed by atoms with Crippen LogP contribution in [-0.2, 0) is 0 Å². The Morgan fingerprint density at radius 2 is 1.86 bits per heavy atom. The van der Waals surface area contributed by atoms with Crippen molar-refractivity contribution in [3.8, 4) is 17.1 Å². The van der Waals surface area contributed by atoms with E-state index in [4.69, 9.17) is 10.5 Å². The second-order valence-electron chi connectivity index (χ2n) is 5.96. The highest BCUT2D eigenvalue weighted by molar-refractivity contribution is 6.03. The first-order valence-electron chi connectivity index (χ1n) is 8.43. The molecular formula is C20H16N6O2. The average Bonchev–Trinajstić information content (AvgIpc) is 2.73. The molecule has 0 spiro atoms. The molecule has 0 saturated heterocycles. The summed E-state index contributed by atoms with van der Waals surface area (Å²) in [5.74, 6) is 0.861. The first-order valence-corrected chi connectivity index (χ1v) is 8.43. The van der Waals surface area contributed by atoms with Gasteiger partial charge in [0.05, 0.1) is 12.7 Å². The molecule has 0 aliphatic heterocycles. The molecule has 28 heavy (non-hydrogen) atoms. The summed E-state index contributed by atoms with van der Waals surface area (Å²) in [5, 5.41) is 4.65. The van der Waals surface area contributed by atoms with Gasteiger partial charge in [0.25, 0.3) is 5.91 Å². The van der Waals surface area contributed by atoms with Crippen molar-refractivity contribution in [3.05, 3.63) is 66.5 Å². The number of hydrogen-bond acceptors (Lipinski definition) is 7. The molecule has 2 heterocycles. The Morgan fingerprint density at radius 1 is 1.04 bits per heavy atom. The van der Waals surface area contributed by atoms with E-state index in [1.165, 1.54) is 6.20 Å². The van der Waals surface area contributed by atoms with Gasteiger partial charge in [-0.2, -0.15) is 15.0 Å². The van der Waals surface area contributed by atoms with E-state index >= 15 is 0 Å². The molecule has 8 heteroatoms. The minimum Gasteiger partial charge on any atom is -0.497 e. The van der Waals surface area contributed by atoms with Crippen molar-refractivity contribution in [3.63, 3.8) is 0 Å². The molecule has 0 bridgehead atoms. The fourth-order valence-corrected chi connectivity index (χ4v) is 2.74. The lowest BCUT2D eigenvalue weighted by Gasteiger charge is -2.08. The minimum absolute atomic E-state index is 0.0151. The van der Waals surface area contributed by atoms with E-state index in [2.05, 4.69) is 25.3 Å². The maximum Gasteiger partial charge on any atom is 0.259 e. The number of nitrogens with two attached hydrogens (primary N) is 1. The van der Waals surface area contributed by atoms with Gasteiger partial charge in [-0.15, -0.1) is 0 Å². The number of carbonyl (C=O) groups excluding carboxylic acids is 1. The third kappa shape index (κ3) is 3.56. The molecule has 0 atom stereocenters. The summed E-state index contributed by atoms with van der Waals surface area (Å²) in [6.07, 6.45) is 3.05. The van der Waals surface area contributed by atoms with Crippen LogP contribution in [0.2, 0.25) is 0 Å². The Labute approximate surface area is 160 Å². The van der Waals surface area contributed by atoms with Crippen molar-refractivity contribution in [2.75, 3.05) is 18.2 Å². The lowest BCUT2D eigenvalue weighted by atomic mass is 10.1. The molecule has 4 rings (SSSR count). The number of fused-ring (bicyclic) bond motifs is 1. The predicted molar refractivity (Wildman–Crippen MR) is 106 cm³/mol. The number of methoxy groups -OCH3 is 1. The number of nitrogen functional groups attached to an aromatic ring is 1. The molecule has 2 aromatic carbocycles. The fourth-order valence-electron chi connectivity index (χ4n) is 2.74. The molecule has 138 valence electrons. The number of pyridine rings is 1. The van der Waals surface area contributed by atoms with Gasteiger partial charge in [-0.1, -0.05) is 18.2 Å². The number of ether oxygens (including phenoxy) is 1. The average molecular weight is 372 g/mol. The Morgan fingerprint density at radius 3 is 2.64 bits per heavy atom. The summed E-state index contributed by atoms with van der Waals surface area (Å²) < 4.78 is 5.25. The smallest absolute Gasteiger partial charge is 0.259 e. The molecule has 0 saturated carbocycles. The van der Waals surface area contributed by atoms with Crippen molar-refractivity contribution in [2.45, 2.75) is 0 Å². The number of rotatable bonds is 4. The van der Waals surface area contributed by atoms with E-state index in [1.807, 2.05) is 36.4 Å². The zero-order valence-electron chi connectivity index (χ0n) is 15.0. The number of aromatic nitrogens is 4. The van der Waals surface area contributed by atoms with Crippen molar-refractivity contribution < 1.29 is 9.53 Å². The van der Waals surface area contributed by atoms with Crippen LogP contribution in [0, 0.1) is 0 Å². The van der Waals surface area contributed by atoms with Crippen LogP contribution >= 0.6 is 0 Å². The number of benzene rings is 2. The van der Waals surface area contributed by atoms with E-state index < -0.39 is 0 Å². The number of nitrogens with one attached hydrogen (secondary N) is 1. The number of amides is 1. The molecule has 0 fully saturated rings. The van der Waals surface area contributed by atoms with E-state index in [1.54, 1.807) is 25.4 Å². The standard InChI is InChI=1S/C20H16N6O2/c1-28-16-7-6-12-9-14(5-4-13(12)10-16)17-23-19(21)26-20(24-17)25-18(27)15-3-2-8-22-11-15/h2-11H,1H3,(H3,21,23,24,25,26,27). The number of anilines is 2. The molecule has 8 nitrogen and oxygen atoms in total. The van der Waals surface area contributed by atoms with Crippen molar-refractivity contribution in [1.82, 2.24) is 19.9 Å². The highest BCUT2D eigenvalue weighted by Gasteiger charge is 2.12. The summed E-state index contributed by atoms with van der Waals surface area (Å²) in [7, 11) is 1.63. The topological polar surface area (TPSA) is 116 Å². The van der Waals surface area contributed by atoms with Gasteiger partial charge in [-0.3, -0.25) is 15.1 Å². The molecule has 0 aliphatic rings. The van der Waals surface area contributed by atoms with Crippen LogP contribution in [0.1, 0.15) is 10.4 Å². The summed E-state index contributed by atoms with van der Waals surface area (Å²) >= 11 is 0. The van der Waals surface area contributed by atoms with Crippen LogP contribution in [0.3, 0.4) is 0 Å². The van der Waals surface area contributed by atoms with E-state index in [0.29, 0.717) is 11.4 Å². The second kappa shape index (κ2) is 7.28. The van der Waals surface area contributed by atoms with Crippen LogP contribution in [-0.4, -0.2) is 33.0 Å². The van der Waals surface area contributed by atoms with Crippen LogP contribution < -0.4 is 15.8 Å². The van der Waals surface area contributed by atoms with Gasteiger partial charge in [0.1, 0.15) is 5.75 Å². The largest absolute Gasteiger partial charge is 0.497 e. The maximum absolute atomic E-state index is 12.3. The van der Waals surface area contributed by atoms with Gasteiger partial charge in [0.15, 0.2) is 5.82 Å². The number of hydrogen-bond donors (Lipinski definition) is 2. The van der Waals surface area contributed by atoms with E-state index in [-0.39, 0.29) is 17.8 Å². The molecule has 1 amide bonds. The zero-order valence-corrected chi connectivity index (χ0v) is 15.0. The Balaban J connectivity index is 1.67. The first kappa shape index (κ1) is 17.3. The highest BCUT2D eigenvalue weighted by atomic mass is 16.5. The van der Waals surface area contributed by atoms with Crippen LogP contribution in [0.4, 0.5) is 11.9 Å². The Hall–Kier alpha value is -4.07. The quantitative estimate of drug-likeness (QED) is 0.566. The van der Waals surface area contributed by atoms with Crippen LogP contribution in [0.25, 0.3) is 22.2 Å². The monoisotopic (exact) mass is 372 g/mol. The fraction of sp³-hybridized carbons (Fsp3) is 0.0500. The molecular weight excluding hydrogens is 356 g/mol. The minimum atomic E-state index is -0.379. The van der Waals surface area contributed by atoms with Gasteiger partial charge < -0.3 is 10.5 Å². The van der Waals surface area contributed by atoms with Crippen LogP contribution in [0.5, 0.6) is 5.75 Å². The predicted octanol–water partition coefficient (Wildman–Crippen LogP) is 2.93. The summed E-state index contributed by atoms with van der Waals surface area (Å²) in [5.41, 5.74) is 6.96. The maximum atomic E-state index is 12.3. The molecule has 0 unspecified atom stereocenters. The van der Waals surface area contributed by atoms with Crippen molar-refractivity contribution in [1.29, 1.82) is 0 Å². The SMILES string of the molecule is COc1ccc2cc(-c3nc(N)nc(NC(=O)c4cccnc4)n3)ccc2c1. The highest BCUT2D eigenvalue weighted by Crippen LogP contribution is 2.26.